The van der Waals surface area contributed by atoms with Crippen molar-refractivity contribution >= 4 is 0 Å². The number of hydrogen-bond acceptors (Lipinski definition) is 6. The van der Waals surface area contributed by atoms with Crippen LogP contribution in [0.1, 0.15) is 18.2 Å². The van der Waals surface area contributed by atoms with Crippen LogP contribution in [-0.2, 0) is 4.74 Å². The number of hydrogen-bond donors (Lipinski definition) is 3. The lowest BCUT2D eigenvalue weighted by Gasteiger charge is -2.14. The second-order valence-electron chi connectivity index (χ2n) is 3.94. The number of ether oxygens (including phenoxy) is 1. The molecule has 1 aromatic rings. The van der Waals surface area contributed by atoms with E-state index in [2.05, 4.69) is 0 Å². The standard InChI is InChI=1S/C10H11N3O5/c11-2-5-3-13(10(17)12-9(5)16)8-1-6(15)7(4-14)18-8/h3,6-8,14-15H,1,4H2,(H,12,16,17)/t6-,7+,8+/m0/s1/i11+1. The molecule has 8 heteroatoms. The Labute approximate surface area is 101 Å². The molecule has 0 radical (unpaired) electrons. The van der Waals surface area contributed by atoms with E-state index in [4.69, 9.17) is 15.1 Å². The SMILES string of the molecule is [15N]#Cc1cn([C@H]2C[C@H](O)[C@@H](CO)O2)c(=O)[nH]c1=O. The number of rotatable bonds is 2. The summed E-state index contributed by atoms with van der Waals surface area (Å²) in [6, 6.07) is 1.65. The van der Waals surface area contributed by atoms with Gasteiger partial charge in [0.05, 0.1) is 12.7 Å². The lowest BCUT2D eigenvalue weighted by Crippen LogP contribution is -2.33. The Morgan fingerprint density at radius 2 is 2.33 bits per heavy atom. The van der Waals surface area contributed by atoms with Crippen molar-refractivity contribution in [1.29, 1.82) is 5.26 Å². The Morgan fingerprint density at radius 3 is 2.89 bits per heavy atom. The highest BCUT2D eigenvalue weighted by atomic mass is 16.5. The van der Waals surface area contributed by atoms with Crippen LogP contribution in [0.4, 0.5) is 0 Å². The zero-order valence-corrected chi connectivity index (χ0v) is 9.24. The molecule has 0 aromatic carbocycles. The van der Waals surface area contributed by atoms with Gasteiger partial charge in [0, 0.05) is 12.6 Å². The van der Waals surface area contributed by atoms with Gasteiger partial charge in [0.2, 0.25) is 0 Å². The summed E-state index contributed by atoms with van der Waals surface area (Å²) in [5.74, 6) is 0. The van der Waals surface area contributed by atoms with Gasteiger partial charge in [-0.05, 0) is 0 Å². The van der Waals surface area contributed by atoms with Crippen molar-refractivity contribution < 1.29 is 14.9 Å². The number of nitriles is 1. The molecule has 0 amide bonds. The maximum Gasteiger partial charge on any atom is 0.330 e. The van der Waals surface area contributed by atoms with Gasteiger partial charge in [0.15, 0.2) is 0 Å². The molecule has 0 unspecified atom stereocenters. The van der Waals surface area contributed by atoms with E-state index < -0.39 is 29.7 Å². The molecule has 1 saturated heterocycles. The van der Waals surface area contributed by atoms with E-state index in [0.29, 0.717) is 0 Å². The molecule has 0 bridgehead atoms. The van der Waals surface area contributed by atoms with Crippen LogP contribution in [0.25, 0.3) is 0 Å². The molecule has 1 fully saturated rings. The van der Waals surface area contributed by atoms with Gasteiger partial charge < -0.3 is 14.9 Å². The Balaban J connectivity index is 2.39. The van der Waals surface area contributed by atoms with Crippen LogP contribution >= 0.6 is 0 Å². The lowest BCUT2D eigenvalue weighted by atomic mass is 10.2. The predicted molar refractivity (Wildman–Crippen MR) is 57.7 cm³/mol. The molecule has 2 rings (SSSR count). The number of aromatic nitrogens is 2. The fraction of sp³-hybridized carbons (Fsp3) is 0.500. The summed E-state index contributed by atoms with van der Waals surface area (Å²) < 4.78 is 6.29. The van der Waals surface area contributed by atoms with E-state index in [1.807, 2.05) is 4.98 Å². The first-order valence-corrected chi connectivity index (χ1v) is 5.26. The quantitative estimate of drug-likeness (QED) is 0.526. The summed E-state index contributed by atoms with van der Waals surface area (Å²) in [5.41, 5.74) is -1.72. The summed E-state index contributed by atoms with van der Waals surface area (Å²) >= 11 is 0. The second-order valence-corrected chi connectivity index (χ2v) is 3.94. The van der Waals surface area contributed by atoms with Gasteiger partial charge in [0.25, 0.3) is 5.56 Å². The Bertz CT molecular complexity index is 599. The summed E-state index contributed by atoms with van der Waals surface area (Å²) in [6.07, 6.45) is -1.31. The van der Waals surface area contributed by atoms with Gasteiger partial charge in [-0.1, -0.05) is 0 Å². The van der Waals surface area contributed by atoms with Crippen molar-refractivity contribution in [3.05, 3.63) is 32.6 Å². The third-order valence-corrected chi connectivity index (χ3v) is 2.78. The molecule has 18 heavy (non-hydrogen) atoms. The molecule has 0 saturated carbocycles. The first-order chi connectivity index (χ1) is 8.56. The summed E-state index contributed by atoms with van der Waals surface area (Å²) in [7, 11) is 0. The fourth-order valence-electron chi connectivity index (χ4n) is 1.83. The van der Waals surface area contributed by atoms with E-state index in [1.165, 1.54) is 0 Å². The van der Waals surface area contributed by atoms with Gasteiger partial charge in [-0.2, -0.15) is 5.26 Å². The van der Waals surface area contributed by atoms with E-state index in [0.717, 1.165) is 10.8 Å². The Morgan fingerprint density at radius 1 is 1.61 bits per heavy atom. The number of aliphatic hydroxyl groups excluding tert-OH is 2. The van der Waals surface area contributed by atoms with Crippen LogP contribution in [0, 0.1) is 11.3 Å². The highest BCUT2D eigenvalue weighted by Crippen LogP contribution is 2.27. The largest absolute Gasteiger partial charge is 0.394 e. The normalized spacial score (nSPS) is 27.1. The van der Waals surface area contributed by atoms with Crippen molar-refractivity contribution in [2.45, 2.75) is 24.9 Å². The van der Waals surface area contributed by atoms with Gasteiger partial charge in [-0.25, -0.2) is 4.79 Å². The van der Waals surface area contributed by atoms with Crippen LogP contribution < -0.4 is 11.2 Å². The molecular formula is C10H11N3O5. The molecule has 0 aliphatic carbocycles. The average molecular weight is 254 g/mol. The highest BCUT2D eigenvalue weighted by Gasteiger charge is 2.35. The molecule has 1 aliphatic rings. The summed E-state index contributed by atoms with van der Waals surface area (Å²) in [6.45, 7) is -0.374. The van der Waals surface area contributed by atoms with E-state index in [1.54, 1.807) is 6.07 Å². The molecule has 1 aromatic heterocycles. The molecule has 96 valence electrons. The van der Waals surface area contributed by atoms with Crippen molar-refractivity contribution in [1.82, 2.24) is 9.55 Å². The van der Waals surface area contributed by atoms with Gasteiger partial charge in [0.1, 0.15) is 24.0 Å². The zero-order chi connectivity index (χ0) is 13.3. The third kappa shape index (κ3) is 2.06. The average Bonchev–Trinajstić information content (AvgIpc) is 2.70. The predicted octanol–water partition coefficient (Wildman–Crippen LogP) is -1.95. The maximum atomic E-state index is 11.6. The molecular weight excluding hydrogens is 243 g/mol. The van der Waals surface area contributed by atoms with Gasteiger partial charge >= 0.3 is 5.69 Å². The van der Waals surface area contributed by atoms with E-state index in [-0.39, 0.29) is 18.6 Å². The number of aliphatic hydroxyl groups is 2. The number of nitrogens with one attached hydrogen (secondary N) is 1. The zero-order valence-electron chi connectivity index (χ0n) is 9.24. The van der Waals surface area contributed by atoms with Crippen molar-refractivity contribution in [3.8, 4) is 6.07 Å². The third-order valence-electron chi connectivity index (χ3n) is 2.78. The van der Waals surface area contributed by atoms with Crippen molar-refractivity contribution in [3.63, 3.8) is 0 Å². The Hall–Kier alpha value is -1.95. The molecule has 3 N–H and O–H groups in total. The molecule has 0 spiro atoms. The summed E-state index contributed by atoms with van der Waals surface area (Å²) in [5, 5.41) is 27.2. The first-order valence-electron chi connectivity index (χ1n) is 5.26. The molecule has 2 heterocycles. The van der Waals surface area contributed by atoms with Crippen LogP contribution in [0.3, 0.4) is 0 Å². The smallest absolute Gasteiger partial charge is 0.330 e. The summed E-state index contributed by atoms with van der Waals surface area (Å²) in [4.78, 5) is 24.8. The number of nitrogens with zero attached hydrogens (tertiary/aromatic N) is 2. The van der Waals surface area contributed by atoms with E-state index in [9.17, 15) is 14.7 Å². The Kier molecular flexibility index (Phi) is 3.29. The molecule has 8 nitrogen and oxygen atoms in total. The minimum atomic E-state index is -0.899. The number of aromatic amines is 1. The number of H-pyrrole nitrogens is 1. The van der Waals surface area contributed by atoms with Crippen LogP contribution in [0.5, 0.6) is 0 Å². The first kappa shape index (κ1) is 12.5. The van der Waals surface area contributed by atoms with Gasteiger partial charge in [-0.15, -0.1) is 0 Å². The van der Waals surface area contributed by atoms with Crippen LogP contribution in [0.15, 0.2) is 15.8 Å². The van der Waals surface area contributed by atoms with Gasteiger partial charge in [-0.3, -0.25) is 14.3 Å². The minimum Gasteiger partial charge on any atom is -0.394 e. The molecule has 3 atom stereocenters. The van der Waals surface area contributed by atoms with Crippen molar-refractivity contribution in [2.75, 3.05) is 6.61 Å². The van der Waals surface area contributed by atoms with E-state index >= 15 is 0 Å². The van der Waals surface area contributed by atoms with Crippen LogP contribution in [-0.4, -0.2) is 38.6 Å². The molecule has 1 aliphatic heterocycles. The second kappa shape index (κ2) is 4.73. The lowest BCUT2D eigenvalue weighted by molar-refractivity contribution is -0.0459. The monoisotopic (exact) mass is 254 g/mol. The van der Waals surface area contributed by atoms with Crippen LogP contribution in [0.2, 0.25) is 0 Å². The minimum absolute atomic E-state index is 0.0993. The fourth-order valence-corrected chi connectivity index (χ4v) is 1.83. The van der Waals surface area contributed by atoms with Crippen molar-refractivity contribution in [2.24, 2.45) is 0 Å². The maximum absolute atomic E-state index is 11.6. The highest BCUT2D eigenvalue weighted by molar-refractivity contribution is 5.21. The topological polar surface area (TPSA) is 128 Å².